The zero-order valence-electron chi connectivity index (χ0n) is 19.5. The minimum Gasteiger partial charge on any atom is -0.390 e. The van der Waals surface area contributed by atoms with E-state index in [2.05, 4.69) is 6.07 Å². The molecule has 0 radical (unpaired) electrons. The van der Waals surface area contributed by atoms with Gasteiger partial charge in [-0.1, -0.05) is 62.4 Å². The summed E-state index contributed by atoms with van der Waals surface area (Å²) < 4.78 is 38.7. The van der Waals surface area contributed by atoms with Crippen LogP contribution in [-0.2, 0) is 18.5 Å². The van der Waals surface area contributed by atoms with Crippen molar-refractivity contribution in [3.05, 3.63) is 54.6 Å². The fourth-order valence-corrected chi connectivity index (χ4v) is 10.1. The lowest BCUT2D eigenvalue weighted by molar-refractivity contribution is -0.128. The molecule has 0 aromatic heterocycles. The van der Waals surface area contributed by atoms with E-state index in [0.29, 0.717) is 18.6 Å². The molecule has 3 aromatic carbocycles. The van der Waals surface area contributed by atoms with Crippen molar-refractivity contribution in [1.29, 1.82) is 0 Å². The van der Waals surface area contributed by atoms with Gasteiger partial charge in [0.25, 0.3) is 10.1 Å². The standard InChI is InChI=1S/C26H30O5S2/c1-25(2)20-13-14-26(25,23(27)16-20)17-33(28,29)31-32(3,4)30-24-21-11-7-5-9-18(21)15-19-10-6-8-12-22(19)24/h5-12,15,20H,13-14,16-17H2,1-4H3. The van der Waals surface area contributed by atoms with Crippen molar-refractivity contribution in [2.75, 3.05) is 18.3 Å². The lowest BCUT2D eigenvalue weighted by atomic mass is 9.70. The molecule has 2 aliphatic carbocycles. The van der Waals surface area contributed by atoms with Gasteiger partial charge in [0.1, 0.15) is 5.78 Å². The van der Waals surface area contributed by atoms with Crippen LogP contribution in [0.25, 0.3) is 21.5 Å². The molecule has 5 rings (SSSR count). The number of carbonyl (C=O) groups excluding carboxylic acids is 1. The fourth-order valence-electron chi connectivity index (χ4n) is 5.96. The molecule has 7 heteroatoms. The van der Waals surface area contributed by atoms with Gasteiger partial charge in [-0.25, -0.2) is 0 Å². The summed E-state index contributed by atoms with van der Waals surface area (Å²) >= 11 is 0. The average molecular weight is 487 g/mol. The molecular weight excluding hydrogens is 456 g/mol. The molecule has 0 amide bonds. The summed E-state index contributed by atoms with van der Waals surface area (Å²) in [6.07, 6.45) is 5.35. The first kappa shape index (κ1) is 22.7. The summed E-state index contributed by atoms with van der Waals surface area (Å²) in [5.41, 5.74) is -1.20. The van der Waals surface area contributed by atoms with Crippen molar-refractivity contribution in [3.63, 3.8) is 0 Å². The first-order valence-electron chi connectivity index (χ1n) is 11.2. The third-order valence-electron chi connectivity index (χ3n) is 7.84. The van der Waals surface area contributed by atoms with E-state index in [4.69, 9.17) is 7.81 Å². The van der Waals surface area contributed by atoms with Crippen LogP contribution in [0.1, 0.15) is 33.1 Å². The Labute approximate surface area is 197 Å². The van der Waals surface area contributed by atoms with Gasteiger partial charge in [-0.05, 0) is 41.0 Å². The summed E-state index contributed by atoms with van der Waals surface area (Å²) in [7, 11) is -6.50. The van der Waals surface area contributed by atoms with Crippen LogP contribution < -0.4 is 4.18 Å². The van der Waals surface area contributed by atoms with Crippen LogP contribution in [0.2, 0.25) is 0 Å². The van der Waals surface area contributed by atoms with Crippen molar-refractivity contribution < 1.29 is 21.0 Å². The second-order valence-corrected chi connectivity index (χ2v) is 14.7. The molecule has 2 unspecified atom stereocenters. The molecule has 0 heterocycles. The van der Waals surface area contributed by atoms with Gasteiger partial charge in [0.15, 0.2) is 5.75 Å². The number of hydrogen-bond donors (Lipinski definition) is 0. The van der Waals surface area contributed by atoms with Gasteiger partial charge < -0.3 is 4.18 Å². The minimum atomic E-state index is -4.01. The van der Waals surface area contributed by atoms with E-state index in [1.807, 2.05) is 62.4 Å². The van der Waals surface area contributed by atoms with E-state index in [9.17, 15) is 13.2 Å². The van der Waals surface area contributed by atoms with Crippen molar-refractivity contribution in [2.24, 2.45) is 16.7 Å². The molecule has 0 spiro atoms. The molecular formula is C26H30O5S2. The zero-order chi connectivity index (χ0) is 23.6. The molecule has 0 saturated heterocycles. The number of fused-ring (bicyclic) bond motifs is 4. The summed E-state index contributed by atoms with van der Waals surface area (Å²) in [5.74, 6) is 0.650. The first-order valence-corrected chi connectivity index (χ1v) is 15.1. The molecule has 0 N–H and O–H groups in total. The maximum atomic E-state index is 13.3. The molecule has 5 nitrogen and oxygen atoms in total. The predicted octanol–water partition coefficient (Wildman–Crippen LogP) is 6.01. The van der Waals surface area contributed by atoms with Gasteiger partial charge in [-0.15, -0.1) is 10.6 Å². The highest BCUT2D eigenvalue weighted by Crippen LogP contribution is 2.64. The van der Waals surface area contributed by atoms with Gasteiger partial charge in [0, 0.05) is 29.7 Å². The minimum absolute atomic E-state index is 0.0599. The maximum Gasteiger partial charge on any atom is 0.287 e. The summed E-state index contributed by atoms with van der Waals surface area (Å²) in [6, 6.07) is 17.9. The fraction of sp³-hybridized carbons (Fsp3) is 0.423. The first-order chi connectivity index (χ1) is 15.4. The van der Waals surface area contributed by atoms with Crippen LogP contribution in [0.5, 0.6) is 5.75 Å². The lowest BCUT2D eigenvalue weighted by Crippen LogP contribution is -2.42. The van der Waals surface area contributed by atoms with Gasteiger partial charge >= 0.3 is 0 Å². The molecule has 3 aromatic rings. The summed E-state index contributed by atoms with van der Waals surface area (Å²) in [5, 5.41) is 3.83. The highest BCUT2D eigenvalue weighted by molar-refractivity contribution is 8.28. The zero-order valence-corrected chi connectivity index (χ0v) is 21.1. The van der Waals surface area contributed by atoms with E-state index in [1.165, 1.54) is 0 Å². The van der Waals surface area contributed by atoms with E-state index in [1.54, 1.807) is 12.5 Å². The van der Waals surface area contributed by atoms with Crippen LogP contribution in [0.3, 0.4) is 0 Å². The Bertz CT molecular complexity index is 1320. The molecule has 2 aliphatic rings. The van der Waals surface area contributed by atoms with Crippen LogP contribution in [0.4, 0.5) is 0 Å². The second-order valence-electron chi connectivity index (χ2n) is 10.3. The Morgan fingerprint density at radius 2 is 1.55 bits per heavy atom. The Morgan fingerprint density at radius 1 is 0.970 bits per heavy atom. The third-order valence-corrected chi connectivity index (χ3v) is 11.4. The monoisotopic (exact) mass is 486 g/mol. The third kappa shape index (κ3) is 3.65. The van der Waals surface area contributed by atoms with Crippen molar-refractivity contribution in [1.82, 2.24) is 0 Å². The van der Waals surface area contributed by atoms with Crippen LogP contribution in [0.15, 0.2) is 54.6 Å². The largest absolute Gasteiger partial charge is 0.390 e. The van der Waals surface area contributed by atoms with Gasteiger partial charge in [0.05, 0.1) is 11.2 Å². The van der Waals surface area contributed by atoms with Crippen molar-refractivity contribution in [2.45, 2.75) is 33.1 Å². The summed E-state index contributed by atoms with van der Waals surface area (Å²) in [4.78, 5) is 12.9. The highest BCUT2D eigenvalue weighted by atomic mass is 32.3. The number of ketones is 1. The molecule has 2 atom stereocenters. The Balaban J connectivity index is 1.48. The van der Waals surface area contributed by atoms with Gasteiger partial charge in [-0.3, -0.25) is 4.79 Å². The number of rotatable bonds is 6. The van der Waals surface area contributed by atoms with E-state index >= 15 is 0 Å². The normalized spacial score (nSPS) is 25.1. The SMILES string of the molecule is CC1(C)C2CCC1(CS(=O)(=O)OS(C)(C)Oc1c3ccccc3cc3ccccc13)C(=O)C2. The molecule has 2 fully saturated rings. The number of hydrogen-bond acceptors (Lipinski definition) is 5. The van der Waals surface area contributed by atoms with E-state index in [-0.39, 0.29) is 22.9 Å². The van der Waals surface area contributed by atoms with E-state index < -0.39 is 26.1 Å². The average Bonchev–Trinajstić information content (AvgIpc) is 3.06. The van der Waals surface area contributed by atoms with Crippen LogP contribution in [-0.4, -0.2) is 32.5 Å². The number of benzene rings is 3. The number of Topliss-reactive ketones (excluding diaryl/α,β-unsaturated/α-hetero) is 1. The highest BCUT2D eigenvalue weighted by Gasteiger charge is 2.65. The van der Waals surface area contributed by atoms with Gasteiger partial charge in [-0.2, -0.15) is 12.0 Å². The Kier molecular flexibility index (Phi) is 5.13. The molecule has 176 valence electrons. The van der Waals surface area contributed by atoms with Crippen LogP contribution >= 0.6 is 10.6 Å². The lowest BCUT2D eigenvalue weighted by Gasteiger charge is -2.39. The van der Waals surface area contributed by atoms with E-state index in [0.717, 1.165) is 28.0 Å². The van der Waals surface area contributed by atoms with Crippen molar-refractivity contribution in [3.8, 4) is 5.75 Å². The predicted molar refractivity (Wildman–Crippen MR) is 135 cm³/mol. The number of carbonyl (C=O) groups is 1. The van der Waals surface area contributed by atoms with Gasteiger partial charge in [0.2, 0.25) is 0 Å². The molecule has 2 bridgehead atoms. The quantitative estimate of drug-likeness (QED) is 0.399. The molecule has 33 heavy (non-hydrogen) atoms. The smallest absolute Gasteiger partial charge is 0.287 e. The Hall–Kier alpha value is -2.09. The Morgan fingerprint density at radius 3 is 2.06 bits per heavy atom. The molecule has 0 aliphatic heterocycles. The summed E-state index contributed by atoms with van der Waals surface area (Å²) in [6.45, 7) is 4.06. The molecule has 2 saturated carbocycles. The second kappa shape index (κ2) is 7.45. The maximum absolute atomic E-state index is 13.3. The topological polar surface area (TPSA) is 69.7 Å². The van der Waals surface area contributed by atoms with Crippen molar-refractivity contribution >= 4 is 48.0 Å². The van der Waals surface area contributed by atoms with Crippen LogP contribution in [0, 0.1) is 16.7 Å².